The zero-order chi connectivity index (χ0) is 31.4. The highest BCUT2D eigenvalue weighted by molar-refractivity contribution is 5.35. The van der Waals surface area contributed by atoms with E-state index in [1.165, 1.54) is 6.08 Å². The maximum absolute atomic E-state index is 14.9. The minimum atomic E-state index is -2.13. The van der Waals surface area contributed by atoms with E-state index in [1.807, 2.05) is 0 Å². The quantitative estimate of drug-likeness (QED) is 0.188. The number of rotatable bonds is 10. The lowest BCUT2D eigenvalue weighted by molar-refractivity contribution is -0.134. The molecule has 0 fully saturated rings. The Labute approximate surface area is 237 Å². The molecule has 0 aliphatic heterocycles. The summed E-state index contributed by atoms with van der Waals surface area (Å²) in [7, 11) is 0. The first kappa shape index (κ1) is 34.6. The highest BCUT2D eigenvalue weighted by Gasteiger charge is 2.36. The van der Waals surface area contributed by atoms with Gasteiger partial charge < -0.3 is 30.6 Å². The van der Waals surface area contributed by atoms with Gasteiger partial charge in [0.05, 0.1) is 6.61 Å². The van der Waals surface area contributed by atoms with E-state index in [4.69, 9.17) is 5.11 Å². The van der Waals surface area contributed by atoms with Crippen molar-refractivity contribution < 1.29 is 48.2 Å². The molecule has 41 heavy (non-hydrogen) atoms. The van der Waals surface area contributed by atoms with Gasteiger partial charge in [-0.1, -0.05) is 41.5 Å². The third-order valence-corrected chi connectivity index (χ3v) is 6.69. The summed E-state index contributed by atoms with van der Waals surface area (Å²) in [6, 6.07) is 4.42. The van der Waals surface area contributed by atoms with E-state index in [-0.39, 0.29) is 40.7 Å². The van der Waals surface area contributed by atoms with Crippen LogP contribution in [0.3, 0.4) is 0 Å². The fourth-order valence-electron chi connectivity index (χ4n) is 4.60. The predicted molar refractivity (Wildman–Crippen MR) is 146 cm³/mol. The van der Waals surface area contributed by atoms with Gasteiger partial charge in [0, 0.05) is 23.1 Å². The largest absolute Gasteiger partial charge is 0.394 e. The molecule has 0 amide bonds. The number of hydrogen-bond acceptors (Lipinski definition) is 6. The molecule has 0 aromatic heterocycles. The average Bonchev–Trinajstić information content (AvgIpc) is 2.83. The van der Waals surface area contributed by atoms with Crippen molar-refractivity contribution in [3.05, 3.63) is 87.2 Å². The Balaban J connectivity index is 2.52. The summed E-state index contributed by atoms with van der Waals surface area (Å²) in [4.78, 5) is 0. The van der Waals surface area contributed by atoms with E-state index in [0.717, 1.165) is 24.3 Å². The molecule has 6 N–H and O–H groups in total. The first-order valence-electron chi connectivity index (χ1n) is 13.2. The molecule has 0 saturated carbocycles. The van der Waals surface area contributed by atoms with Crippen LogP contribution >= 0.6 is 0 Å². The van der Waals surface area contributed by atoms with Gasteiger partial charge in [0.15, 0.2) is 0 Å². The molecule has 6 nitrogen and oxygen atoms in total. The van der Waals surface area contributed by atoms with E-state index in [9.17, 15) is 43.1 Å². The number of benzene rings is 2. The fourth-order valence-corrected chi connectivity index (χ4v) is 4.60. The van der Waals surface area contributed by atoms with Crippen LogP contribution in [0.5, 0.6) is 0 Å². The van der Waals surface area contributed by atoms with E-state index in [2.05, 4.69) is 5.73 Å². The van der Waals surface area contributed by atoms with Gasteiger partial charge in [-0.2, -0.15) is 0 Å². The summed E-state index contributed by atoms with van der Waals surface area (Å²) >= 11 is 0. The Kier molecular flexibility index (Phi) is 11.5. The van der Waals surface area contributed by atoms with Gasteiger partial charge in [0.1, 0.15) is 53.8 Å². The topological polar surface area (TPSA) is 121 Å². The number of aliphatic hydroxyl groups excluding tert-OH is 6. The Hall–Kier alpha value is -2.56. The predicted octanol–water partition coefficient (Wildman–Crippen LogP) is 3.50. The molecule has 2 aromatic carbocycles. The molecule has 0 heterocycles. The maximum atomic E-state index is 14.9. The Morgan fingerprint density at radius 2 is 1.12 bits per heavy atom. The zero-order valence-corrected chi connectivity index (χ0v) is 24.1. The Morgan fingerprint density at radius 1 is 0.707 bits per heavy atom. The number of aliphatic hydroxyl groups is 6. The normalized spacial score (nSPS) is 16.0. The van der Waals surface area contributed by atoms with Gasteiger partial charge in [-0.15, -0.1) is 5.73 Å². The van der Waals surface area contributed by atoms with Crippen LogP contribution in [0.1, 0.15) is 63.8 Å². The van der Waals surface area contributed by atoms with Crippen LogP contribution in [-0.4, -0.2) is 67.8 Å². The average molecular weight is 585 g/mol. The smallest absolute Gasteiger partial charge is 0.130 e. The molecule has 0 radical (unpaired) electrons. The molecule has 0 saturated heterocycles. The van der Waals surface area contributed by atoms with Gasteiger partial charge in [-0.25, -0.2) is 17.6 Å². The standard InChI is InChI=1S/C31H40F4O6/c1-30(2,3)24-19(32)11-16(12-20(24)33)8-7-9-18(26(38)28(40)29(41)27(39)23(37)15-36)10-17-13-21(34)25(22(35)14-17)31(4,5)6/h7,11-14,23,26-29,36-41H,8,10,15H2,1-6H3/t9?,23-,26?,27+,28+,29-/m0/s1. The highest BCUT2D eigenvalue weighted by Crippen LogP contribution is 2.31. The van der Waals surface area contributed by atoms with Crippen LogP contribution in [0.4, 0.5) is 17.6 Å². The third kappa shape index (κ3) is 8.72. The molecule has 10 heteroatoms. The Morgan fingerprint density at radius 3 is 1.51 bits per heavy atom. The number of halogens is 4. The van der Waals surface area contributed by atoms with Crippen LogP contribution in [-0.2, 0) is 23.7 Å². The van der Waals surface area contributed by atoms with Gasteiger partial charge in [-0.3, -0.25) is 0 Å². The number of hydrogen-bond donors (Lipinski definition) is 6. The van der Waals surface area contributed by atoms with Crippen molar-refractivity contribution in [3.63, 3.8) is 0 Å². The summed E-state index contributed by atoms with van der Waals surface area (Å²) in [6.45, 7) is 8.96. The van der Waals surface area contributed by atoms with Gasteiger partial charge >= 0.3 is 0 Å². The second-order valence-electron chi connectivity index (χ2n) is 12.3. The molecule has 0 bridgehead atoms. The first-order chi connectivity index (χ1) is 18.8. The van der Waals surface area contributed by atoms with Crippen LogP contribution < -0.4 is 0 Å². The second-order valence-corrected chi connectivity index (χ2v) is 12.3. The third-order valence-electron chi connectivity index (χ3n) is 6.69. The maximum Gasteiger partial charge on any atom is 0.130 e. The van der Waals surface area contributed by atoms with Crippen molar-refractivity contribution in [3.8, 4) is 0 Å². The minimum Gasteiger partial charge on any atom is -0.394 e. The monoisotopic (exact) mass is 584 g/mol. The summed E-state index contributed by atoms with van der Waals surface area (Å²) < 4.78 is 59.0. The molecular weight excluding hydrogens is 544 g/mol. The van der Waals surface area contributed by atoms with Crippen molar-refractivity contribution in [2.24, 2.45) is 0 Å². The van der Waals surface area contributed by atoms with Crippen LogP contribution in [0.2, 0.25) is 0 Å². The lowest BCUT2D eigenvalue weighted by Crippen LogP contribution is -2.50. The van der Waals surface area contributed by atoms with Crippen molar-refractivity contribution >= 4 is 0 Å². The van der Waals surface area contributed by atoms with Crippen LogP contribution in [0, 0.1) is 23.3 Å². The summed E-state index contributed by atoms with van der Waals surface area (Å²) in [5.74, 6) is -3.16. The highest BCUT2D eigenvalue weighted by atomic mass is 19.1. The molecule has 0 aliphatic carbocycles. The molecule has 0 spiro atoms. The summed E-state index contributed by atoms with van der Waals surface area (Å²) in [5, 5.41) is 60.2. The van der Waals surface area contributed by atoms with E-state index < -0.39 is 71.2 Å². The molecule has 5 atom stereocenters. The van der Waals surface area contributed by atoms with Crippen molar-refractivity contribution in [1.82, 2.24) is 0 Å². The van der Waals surface area contributed by atoms with E-state index >= 15 is 0 Å². The Bertz CT molecular complexity index is 1230. The van der Waals surface area contributed by atoms with Crippen molar-refractivity contribution in [2.45, 2.75) is 95.7 Å². The molecule has 2 rings (SSSR count). The SMILES string of the molecule is CC(C)(C)c1c(F)cc(CC=C=C(Cc2cc(F)c(C(C)(C)C)c(F)c2)C(O)[C@@H](O)[C@@H](O)[C@H](O)[C@@H](O)CO)cc1F. The van der Waals surface area contributed by atoms with Crippen molar-refractivity contribution in [1.29, 1.82) is 0 Å². The fraction of sp³-hybridized carbons (Fsp3) is 0.516. The molecule has 1 unspecified atom stereocenters. The summed E-state index contributed by atoms with van der Waals surface area (Å²) in [6.07, 6.45) is -9.24. The minimum absolute atomic E-state index is 0.0483. The van der Waals surface area contributed by atoms with E-state index in [1.54, 1.807) is 41.5 Å². The van der Waals surface area contributed by atoms with Crippen LogP contribution in [0.15, 0.2) is 41.6 Å². The summed E-state index contributed by atoms with van der Waals surface area (Å²) in [5.41, 5.74) is 0.920. The zero-order valence-electron chi connectivity index (χ0n) is 24.1. The lowest BCUT2D eigenvalue weighted by Gasteiger charge is -2.29. The van der Waals surface area contributed by atoms with Gasteiger partial charge in [0.2, 0.25) is 0 Å². The lowest BCUT2D eigenvalue weighted by atomic mass is 9.84. The molecular formula is C31H40F4O6. The second kappa shape index (κ2) is 13.6. The molecule has 228 valence electrons. The molecule has 2 aromatic rings. The van der Waals surface area contributed by atoms with Gasteiger partial charge in [0.25, 0.3) is 0 Å². The van der Waals surface area contributed by atoms with Gasteiger partial charge in [-0.05, 0) is 58.7 Å². The van der Waals surface area contributed by atoms with Crippen molar-refractivity contribution in [2.75, 3.05) is 6.61 Å². The van der Waals surface area contributed by atoms with Crippen LogP contribution in [0.25, 0.3) is 0 Å². The van der Waals surface area contributed by atoms with E-state index in [0.29, 0.717) is 0 Å². The first-order valence-corrected chi connectivity index (χ1v) is 13.2. The molecule has 0 aliphatic rings.